The number of alkyl halides is 1. The van der Waals surface area contributed by atoms with Gasteiger partial charge in [0.1, 0.15) is 17.3 Å². The van der Waals surface area contributed by atoms with Crippen molar-refractivity contribution in [2.45, 2.75) is 69.2 Å². The summed E-state index contributed by atoms with van der Waals surface area (Å²) in [4.78, 5) is 4.45. The molecule has 1 aromatic carbocycles. The Morgan fingerprint density at radius 2 is 1.91 bits per heavy atom. The van der Waals surface area contributed by atoms with Gasteiger partial charge in [0.15, 0.2) is 0 Å². The van der Waals surface area contributed by atoms with Crippen molar-refractivity contribution < 1.29 is 13.5 Å². The lowest BCUT2D eigenvalue weighted by Gasteiger charge is -2.32. The van der Waals surface area contributed by atoms with Crippen LogP contribution in [0.2, 0.25) is 5.02 Å². The van der Waals surface area contributed by atoms with E-state index in [2.05, 4.69) is 27.9 Å². The molecule has 5 nitrogen and oxygen atoms in total. The van der Waals surface area contributed by atoms with Crippen molar-refractivity contribution in [3.63, 3.8) is 0 Å². The van der Waals surface area contributed by atoms with Crippen molar-refractivity contribution in [3.05, 3.63) is 41.3 Å². The van der Waals surface area contributed by atoms with Gasteiger partial charge in [0.05, 0.1) is 17.3 Å². The second kappa shape index (κ2) is 10.5. The standard InChI is InChI=1S/C25H33ClF2N4O/c1-16(14-33-2)31-18-4-6-19(7-5-18)32-24-12-20(21(26)13-29-24)17-3-8-22(27)23(11-17)30-15-25(28)9-10-25/h3,8,11-13,16,18-19,30-31H,4-7,9-10,14-15H2,1-2H3,(H,29,32). The minimum Gasteiger partial charge on any atom is -0.383 e. The van der Waals surface area contributed by atoms with Gasteiger partial charge in [0.2, 0.25) is 0 Å². The molecule has 1 unspecified atom stereocenters. The van der Waals surface area contributed by atoms with E-state index in [1.807, 2.05) is 6.07 Å². The van der Waals surface area contributed by atoms with Gasteiger partial charge in [-0.25, -0.2) is 13.8 Å². The van der Waals surface area contributed by atoms with Crippen LogP contribution in [0.4, 0.5) is 20.3 Å². The fraction of sp³-hybridized carbons (Fsp3) is 0.560. The van der Waals surface area contributed by atoms with E-state index >= 15 is 0 Å². The maximum Gasteiger partial charge on any atom is 0.146 e. The Labute approximate surface area is 199 Å². The fourth-order valence-electron chi connectivity index (χ4n) is 4.45. The monoisotopic (exact) mass is 478 g/mol. The Morgan fingerprint density at radius 3 is 2.61 bits per heavy atom. The van der Waals surface area contributed by atoms with E-state index in [0.717, 1.165) is 42.6 Å². The third-order valence-corrected chi connectivity index (χ3v) is 6.84. The lowest BCUT2D eigenvalue weighted by atomic mass is 9.90. The molecule has 3 N–H and O–H groups in total. The van der Waals surface area contributed by atoms with Crippen molar-refractivity contribution in [2.24, 2.45) is 0 Å². The van der Waals surface area contributed by atoms with Crippen LogP contribution in [0.5, 0.6) is 0 Å². The summed E-state index contributed by atoms with van der Waals surface area (Å²) in [5, 5.41) is 10.6. The number of ether oxygens (including phenoxy) is 1. The summed E-state index contributed by atoms with van der Waals surface area (Å²) >= 11 is 6.44. The number of methoxy groups -OCH3 is 1. The summed E-state index contributed by atoms with van der Waals surface area (Å²) in [6.07, 6.45) is 6.95. The number of halogens is 3. The summed E-state index contributed by atoms with van der Waals surface area (Å²) in [6.45, 7) is 2.97. The number of anilines is 2. The Bertz CT molecular complexity index is 948. The van der Waals surface area contributed by atoms with E-state index in [4.69, 9.17) is 16.3 Å². The Kier molecular flexibility index (Phi) is 7.72. The first-order valence-corrected chi connectivity index (χ1v) is 12.1. The lowest BCUT2D eigenvalue weighted by molar-refractivity contribution is 0.161. The van der Waals surface area contributed by atoms with Crippen molar-refractivity contribution in [2.75, 3.05) is 30.9 Å². The number of pyridine rings is 1. The van der Waals surface area contributed by atoms with Gasteiger partial charge in [-0.1, -0.05) is 17.7 Å². The van der Waals surface area contributed by atoms with Gasteiger partial charge < -0.3 is 20.7 Å². The van der Waals surface area contributed by atoms with E-state index in [1.54, 1.807) is 25.4 Å². The first-order valence-electron chi connectivity index (χ1n) is 11.7. The van der Waals surface area contributed by atoms with Crippen LogP contribution in [-0.4, -0.2) is 49.0 Å². The number of hydrogen-bond donors (Lipinski definition) is 3. The second-order valence-corrected chi connectivity index (χ2v) is 9.87. The molecule has 2 aliphatic rings. The fourth-order valence-corrected chi connectivity index (χ4v) is 4.66. The van der Waals surface area contributed by atoms with Crippen LogP contribution in [0.1, 0.15) is 45.4 Å². The number of nitrogens with zero attached hydrogens (tertiary/aromatic N) is 1. The van der Waals surface area contributed by atoms with E-state index in [-0.39, 0.29) is 12.2 Å². The maximum atomic E-state index is 14.3. The first-order chi connectivity index (χ1) is 15.8. The van der Waals surface area contributed by atoms with Gasteiger partial charge in [-0.2, -0.15) is 0 Å². The van der Waals surface area contributed by atoms with Crippen LogP contribution in [0.25, 0.3) is 11.1 Å². The number of benzene rings is 1. The van der Waals surface area contributed by atoms with Crippen molar-refractivity contribution in [1.29, 1.82) is 0 Å². The summed E-state index contributed by atoms with van der Waals surface area (Å²) in [6, 6.07) is 7.86. The Morgan fingerprint density at radius 1 is 1.18 bits per heavy atom. The Hall–Kier alpha value is -1.96. The van der Waals surface area contributed by atoms with Gasteiger partial charge in [-0.15, -0.1) is 0 Å². The van der Waals surface area contributed by atoms with E-state index in [9.17, 15) is 8.78 Å². The zero-order valence-corrected chi connectivity index (χ0v) is 20.0. The molecule has 8 heteroatoms. The minimum absolute atomic E-state index is 0.117. The maximum absolute atomic E-state index is 14.3. The molecule has 0 spiro atoms. The minimum atomic E-state index is -1.20. The van der Waals surface area contributed by atoms with Gasteiger partial charge in [0, 0.05) is 43.5 Å². The molecule has 0 saturated heterocycles. The predicted octanol–water partition coefficient (Wildman–Crippen LogP) is 5.80. The molecule has 4 rings (SSSR count). The highest BCUT2D eigenvalue weighted by Crippen LogP contribution is 2.40. The molecule has 1 atom stereocenters. The summed E-state index contributed by atoms with van der Waals surface area (Å²) in [5.74, 6) is 0.342. The van der Waals surface area contributed by atoms with Crippen LogP contribution in [0.15, 0.2) is 30.5 Å². The normalized spacial score (nSPS) is 22.6. The number of hydrogen-bond acceptors (Lipinski definition) is 5. The SMILES string of the molecule is COCC(C)NC1CCC(Nc2cc(-c3ccc(F)c(NCC4(F)CC4)c3)c(Cl)cn2)CC1. The van der Waals surface area contributed by atoms with Crippen molar-refractivity contribution >= 4 is 23.1 Å². The summed E-state index contributed by atoms with van der Waals surface area (Å²) in [5.41, 5.74) is 0.609. The second-order valence-electron chi connectivity index (χ2n) is 9.46. The van der Waals surface area contributed by atoms with Gasteiger partial charge >= 0.3 is 0 Å². The molecular weight excluding hydrogens is 446 g/mol. The van der Waals surface area contributed by atoms with Crippen LogP contribution >= 0.6 is 11.6 Å². The van der Waals surface area contributed by atoms with Gasteiger partial charge in [-0.3, -0.25) is 0 Å². The highest BCUT2D eigenvalue weighted by molar-refractivity contribution is 6.33. The Balaban J connectivity index is 1.39. The zero-order chi connectivity index (χ0) is 23.4. The van der Waals surface area contributed by atoms with Crippen molar-refractivity contribution in [3.8, 4) is 11.1 Å². The van der Waals surface area contributed by atoms with Crippen molar-refractivity contribution in [1.82, 2.24) is 10.3 Å². The molecule has 33 heavy (non-hydrogen) atoms. The van der Waals surface area contributed by atoms with E-state index in [0.29, 0.717) is 42.6 Å². The molecule has 1 heterocycles. The molecule has 2 aliphatic carbocycles. The molecule has 2 aromatic rings. The molecule has 0 aliphatic heterocycles. The topological polar surface area (TPSA) is 58.2 Å². The lowest BCUT2D eigenvalue weighted by Crippen LogP contribution is -2.42. The average Bonchev–Trinajstić information content (AvgIpc) is 3.53. The van der Waals surface area contributed by atoms with Crippen LogP contribution in [0, 0.1) is 5.82 Å². The van der Waals surface area contributed by atoms with Crippen LogP contribution < -0.4 is 16.0 Å². The molecule has 0 bridgehead atoms. The molecular formula is C25H33ClF2N4O. The van der Waals surface area contributed by atoms with Gasteiger partial charge in [-0.05, 0) is 69.2 Å². The van der Waals surface area contributed by atoms with Gasteiger partial charge in [0.25, 0.3) is 0 Å². The first kappa shape index (κ1) is 24.2. The van der Waals surface area contributed by atoms with Crippen LogP contribution in [0.3, 0.4) is 0 Å². The number of nitrogens with one attached hydrogen (secondary N) is 3. The predicted molar refractivity (Wildman–Crippen MR) is 130 cm³/mol. The highest BCUT2D eigenvalue weighted by Gasteiger charge is 2.42. The largest absolute Gasteiger partial charge is 0.383 e. The van der Waals surface area contributed by atoms with E-state index in [1.165, 1.54) is 6.07 Å². The molecule has 1 aromatic heterocycles. The zero-order valence-electron chi connectivity index (χ0n) is 19.3. The molecule has 2 saturated carbocycles. The third-order valence-electron chi connectivity index (χ3n) is 6.54. The summed E-state index contributed by atoms with van der Waals surface area (Å²) in [7, 11) is 1.73. The third kappa shape index (κ3) is 6.55. The number of aromatic nitrogens is 1. The molecule has 0 amide bonds. The quantitative estimate of drug-likeness (QED) is 0.402. The van der Waals surface area contributed by atoms with Crippen LogP contribution in [-0.2, 0) is 4.74 Å². The summed E-state index contributed by atoms with van der Waals surface area (Å²) < 4.78 is 33.5. The molecule has 0 radical (unpaired) electrons. The van der Waals surface area contributed by atoms with E-state index < -0.39 is 11.5 Å². The molecule has 180 valence electrons. The average molecular weight is 479 g/mol. The number of rotatable bonds is 10. The molecule has 2 fully saturated rings. The highest BCUT2D eigenvalue weighted by atomic mass is 35.5. The smallest absolute Gasteiger partial charge is 0.146 e.